The van der Waals surface area contributed by atoms with Gasteiger partial charge in [-0.3, -0.25) is 4.79 Å². The molecule has 0 radical (unpaired) electrons. The summed E-state index contributed by atoms with van der Waals surface area (Å²) in [7, 11) is 0. The Labute approximate surface area is 72.9 Å². The van der Waals surface area contributed by atoms with E-state index in [2.05, 4.69) is 0 Å². The standard InChI is InChI=1S/C9H17NO2/c1-2-9(10,8(11)12)7-5-3-4-6-7/h7H,2-6,10H2,1H3,(H,11,12)/t9-/m0/s1. The van der Waals surface area contributed by atoms with E-state index < -0.39 is 11.5 Å². The summed E-state index contributed by atoms with van der Waals surface area (Å²) in [4.78, 5) is 10.9. The first-order valence-electron chi connectivity index (χ1n) is 4.63. The molecule has 70 valence electrons. The monoisotopic (exact) mass is 171 g/mol. The second-order valence-electron chi connectivity index (χ2n) is 3.68. The minimum Gasteiger partial charge on any atom is -0.480 e. The average molecular weight is 171 g/mol. The van der Waals surface area contributed by atoms with Crippen molar-refractivity contribution in [3.63, 3.8) is 0 Å². The minimum atomic E-state index is -0.962. The van der Waals surface area contributed by atoms with Crippen LogP contribution >= 0.6 is 0 Å². The molecule has 1 aliphatic carbocycles. The van der Waals surface area contributed by atoms with Crippen LogP contribution in [0.4, 0.5) is 0 Å². The second kappa shape index (κ2) is 3.44. The lowest BCUT2D eigenvalue weighted by atomic mass is 9.81. The van der Waals surface area contributed by atoms with Crippen LogP contribution in [-0.4, -0.2) is 16.6 Å². The van der Waals surface area contributed by atoms with Gasteiger partial charge in [-0.2, -0.15) is 0 Å². The van der Waals surface area contributed by atoms with Crippen LogP contribution in [0.5, 0.6) is 0 Å². The highest BCUT2D eigenvalue weighted by Gasteiger charge is 2.41. The number of hydrogen-bond donors (Lipinski definition) is 2. The average Bonchev–Trinajstić information content (AvgIpc) is 2.54. The van der Waals surface area contributed by atoms with Crippen LogP contribution in [0.15, 0.2) is 0 Å². The van der Waals surface area contributed by atoms with Gasteiger partial charge < -0.3 is 10.8 Å². The van der Waals surface area contributed by atoms with Crippen LogP contribution in [0.3, 0.4) is 0 Å². The van der Waals surface area contributed by atoms with Crippen LogP contribution in [0.1, 0.15) is 39.0 Å². The van der Waals surface area contributed by atoms with Gasteiger partial charge in [0.15, 0.2) is 0 Å². The summed E-state index contributed by atoms with van der Waals surface area (Å²) in [6.07, 6.45) is 4.77. The van der Waals surface area contributed by atoms with Crippen LogP contribution < -0.4 is 5.73 Å². The van der Waals surface area contributed by atoms with Crippen molar-refractivity contribution >= 4 is 5.97 Å². The van der Waals surface area contributed by atoms with E-state index in [1.54, 1.807) is 0 Å². The molecule has 0 aromatic rings. The molecule has 0 aliphatic heterocycles. The van der Waals surface area contributed by atoms with E-state index in [1.165, 1.54) is 0 Å². The fourth-order valence-electron chi connectivity index (χ4n) is 2.06. The number of nitrogens with two attached hydrogens (primary N) is 1. The normalized spacial score (nSPS) is 23.8. The van der Waals surface area contributed by atoms with E-state index in [-0.39, 0.29) is 5.92 Å². The summed E-state index contributed by atoms with van der Waals surface area (Å²) in [5.74, 6) is -0.642. The Bertz CT molecular complexity index is 175. The molecule has 1 aliphatic rings. The van der Waals surface area contributed by atoms with Crippen molar-refractivity contribution in [2.75, 3.05) is 0 Å². The van der Waals surface area contributed by atoms with Crippen molar-refractivity contribution in [3.8, 4) is 0 Å². The Balaban J connectivity index is 2.70. The first-order valence-corrected chi connectivity index (χ1v) is 4.63. The zero-order valence-electron chi connectivity index (χ0n) is 7.55. The molecule has 0 unspecified atom stereocenters. The predicted octanol–water partition coefficient (Wildman–Crippen LogP) is 1.37. The summed E-state index contributed by atoms with van der Waals surface area (Å²) in [5, 5.41) is 8.97. The van der Waals surface area contributed by atoms with Crippen LogP contribution in [-0.2, 0) is 4.79 Å². The fraction of sp³-hybridized carbons (Fsp3) is 0.889. The van der Waals surface area contributed by atoms with Crippen molar-refractivity contribution < 1.29 is 9.90 Å². The molecular formula is C9H17NO2. The molecule has 1 fully saturated rings. The molecule has 0 aromatic heterocycles. The molecule has 12 heavy (non-hydrogen) atoms. The highest BCUT2D eigenvalue weighted by Crippen LogP contribution is 2.34. The number of aliphatic carboxylic acids is 1. The summed E-state index contributed by atoms with van der Waals surface area (Å²) >= 11 is 0. The van der Waals surface area contributed by atoms with Gasteiger partial charge in [-0.25, -0.2) is 0 Å². The van der Waals surface area contributed by atoms with Gasteiger partial charge >= 0.3 is 5.97 Å². The molecule has 0 spiro atoms. The summed E-state index contributed by atoms with van der Waals surface area (Å²) in [6.45, 7) is 1.85. The van der Waals surface area contributed by atoms with Gasteiger partial charge in [0, 0.05) is 0 Å². The molecule has 3 N–H and O–H groups in total. The van der Waals surface area contributed by atoms with Crippen LogP contribution in [0, 0.1) is 5.92 Å². The third-order valence-corrected chi connectivity index (χ3v) is 3.07. The predicted molar refractivity (Wildman–Crippen MR) is 46.8 cm³/mol. The molecule has 0 bridgehead atoms. The van der Waals surface area contributed by atoms with Gasteiger partial charge in [0.2, 0.25) is 0 Å². The molecular weight excluding hydrogens is 154 g/mol. The first kappa shape index (κ1) is 9.52. The van der Waals surface area contributed by atoms with Gasteiger partial charge in [0.05, 0.1) is 0 Å². The van der Waals surface area contributed by atoms with Crippen molar-refractivity contribution in [1.29, 1.82) is 0 Å². The van der Waals surface area contributed by atoms with Gasteiger partial charge in [0.1, 0.15) is 5.54 Å². The Kier molecular flexibility index (Phi) is 2.73. The molecule has 0 aromatic carbocycles. The number of carboxylic acids is 1. The lowest BCUT2D eigenvalue weighted by molar-refractivity contribution is -0.145. The van der Waals surface area contributed by atoms with Gasteiger partial charge in [-0.15, -0.1) is 0 Å². The van der Waals surface area contributed by atoms with E-state index in [0.29, 0.717) is 6.42 Å². The molecule has 3 heteroatoms. The molecule has 1 saturated carbocycles. The third-order valence-electron chi connectivity index (χ3n) is 3.07. The number of carboxylic acid groups (broad SMARTS) is 1. The topological polar surface area (TPSA) is 63.3 Å². The number of hydrogen-bond acceptors (Lipinski definition) is 2. The quantitative estimate of drug-likeness (QED) is 0.674. The zero-order valence-corrected chi connectivity index (χ0v) is 7.55. The smallest absolute Gasteiger partial charge is 0.323 e. The summed E-state index contributed by atoms with van der Waals surface area (Å²) in [6, 6.07) is 0. The lowest BCUT2D eigenvalue weighted by Crippen LogP contribution is -2.52. The molecule has 1 rings (SSSR count). The molecule has 0 amide bonds. The zero-order chi connectivity index (χ0) is 9.19. The van der Waals surface area contributed by atoms with Gasteiger partial charge in [-0.05, 0) is 25.2 Å². The van der Waals surface area contributed by atoms with E-state index in [0.717, 1.165) is 25.7 Å². The van der Waals surface area contributed by atoms with Crippen molar-refractivity contribution in [2.24, 2.45) is 11.7 Å². The third kappa shape index (κ3) is 1.46. The first-order chi connectivity index (χ1) is 5.61. The molecule has 1 atom stereocenters. The van der Waals surface area contributed by atoms with Gasteiger partial charge in [-0.1, -0.05) is 19.8 Å². The van der Waals surface area contributed by atoms with Crippen LogP contribution in [0.25, 0.3) is 0 Å². The van der Waals surface area contributed by atoms with Crippen LogP contribution in [0.2, 0.25) is 0 Å². The Morgan fingerprint density at radius 1 is 1.58 bits per heavy atom. The van der Waals surface area contributed by atoms with E-state index in [1.807, 2.05) is 6.92 Å². The van der Waals surface area contributed by atoms with Gasteiger partial charge in [0.25, 0.3) is 0 Å². The van der Waals surface area contributed by atoms with Crippen molar-refractivity contribution in [1.82, 2.24) is 0 Å². The maximum absolute atomic E-state index is 10.9. The number of rotatable bonds is 3. The molecule has 3 nitrogen and oxygen atoms in total. The molecule has 0 saturated heterocycles. The fourth-order valence-corrected chi connectivity index (χ4v) is 2.06. The Morgan fingerprint density at radius 2 is 2.08 bits per heavy atom. The summed E-state index contributed by atoms with van der Waals surface area (Å²) < 4.78 is 0. The van der Waals surface area contributed by atoms with E-state index in [9.17, 15) is 4.79 Å². The SMILES string of the molecule is CC[C@@](N)(C(=O)O)C1CCCC1. The Hall–Kier alpha value is -0.570. The lowest BCUT2D eigenvalue weighted by Gasteiger charge is -2.29. The highest BCUT2D eigenvalue weighted by molar-refractivity contribution is 5.78. The second-order valence-corrected chi connectivity index (χ2v) is 3.68. The summed E-state index contributed by atoms with van der Waals surface area (Å²) in [5.41, 5.74) is 4.88. The molecule has 0 heterocycles. The highest BCUT2D eigenvalue weighted by atomic mass is 16.4. The Morgan fingerprint density at radius 3 is 2.42 bits per heavy atom. The van der Waals surface area contributed by atoms with Crippen molar-refractivity contribution in [3.05, 3.63) is 0 Å². The van der Waals surface area contributed by atoms with E-state index in [4.69, 9.17) is 10.8 Å². The maximum Gasteiger partial charge on any atom is 0.323 e. The number of carbonyl (C=O) groups is 1. The van der Waals surface area contributed by atoms with E-state index >= 15 is 0 Å². The minimum absolute atomic E-state index is 0.194. The van der Waals surface area contributed by atoms with Crippen molar-refractivity contribution in [2.45, 2.75) is 44.6 Å². The maximum atomic E-state index is 10.9. The largest absolute Gasteiger partial charge is 0.480 e.